The third kappa shape index (κ3) is 2.99. The van der Waals surface area contributed by atoms with Crippen molar-refractivity contribution in [3.05, 3.63) is 34.9 Å². The van der Waals surface area contributed by atoms with Gasteiger partial charge in [0.15, 0.2) is 5.96 Å². The van der Waals surface area contributed by atoms with Gasteiger partial charge in [0.05, 0.1) is 5.57 Å². The van der Waals surface area contributed by atoms with Gasteiger partial charge >= 0.3 is 6.18 Å². The van der Waals surface area contributed by atoms with Gasteiger partial charge in [-0.3, -0.25) is 4.79 Å². The summed E-state index contributed by atoms with van der Waals surface area (Å²) in [5, 5.41) is 0. The molecule has 0 aromatic heterocycles. The SMILES string of the molecule is Cc1cccc2c1C=C(C(=O)N=C(N)N)C(C(F)(F)F)O2. The molecule has 0 spiro atoms. The monoisotopic (exact) mass is 299 g/mol. The zero-order chi connectivity index (χ0) is 15.8. The second-order valence-corrected chi connectivity index (χ2v) is 4.47. The number of aliphatic imine (C=N–C) groups is 1. The van der Waals surface area contributed by atoms with Crippen molar-refractivity contribution in [3.8, 4) is 5.75 Å². The highest BCUT2D eigenvalue weighted by Gasteiger charge is 2.48. The van der Waals surface area contributed by atoms with E-state index in [0.717, 1.165) is 6.08 Å². The molecule has 0 bridgehead atoms. The normalized spacial score (nSPS) is 17.3. The van der Waals surface area contributed by atoms with Crippen molar-refractivity contribution in [3.63, 3.8) is 0 Å². The first-order valence-corrected chi connectivity index (χ1v) is 5.88. The van der Waals surface area contributed by atoms with Gasteiger partial charge < -0.3 is 16.2 Å². The molecule has 1 atom stereocenters. The number of hydrogen-bond acceptors (Lipinski definition) is 2. The Bertz CT molecular complexity index is 647. The molecule has 1 heterocycles. The van der Waals surface area contributed by atoms with E-state index in [2.05, 4.69) is 4.99 Å². The quantitative estimate of drug-likeness (QED) is 0.607. The van der Waals surface area contributed by atoms with Crippen LogP contribution in [0.4, 0.5) is 13.2 Å². The summed E-state index contributed by atoms with van der Waals surface area (Å²) in [7, 11) is 0. The lowest BCUT2D eigenvalue weighted by Crippen LogP contribution is -2.40. The Kier molecular flexibility index (Phi) is 3.63. The zero-order valence-corrected chi connectivity index (χ0v) is 10.9. The number of amides is 1. The molecule has 0 saturated heterocycles. The van der Waals surface area contributed by atoms with Crippen LogP contribution in [0, 0.1) is 6.92 Å². The van der Waals surface area contributed by atoms with E-state index < -0.39 is 29.7 Å². The van der Waals surface area contributed by atoms with Crippen molar-refractivity contribution in [2.45, 2.75) is 19.2 Å². The lowest BCUT2D eigenvalue weighted by Gasteiger charge is -2.28. The van der Waals surface area contributed by atoms with Gasteiger partial charge in [-0.2, -0.15) is 18.2 Å². The van der Waals surface area contributed by atoms with Crippen molar-refractivity contribution >= 4 is 17.9 Å². The summed E-state index contributed by atoms with van der Waals surface area (Å²) in [4.78, 5) is 14.9. The fourth-order valence-electron chi connectivity index (χ4n) is 1.96. The van der Waals surface area contributed by atoms with Gasteiger partial charge in [-0.1, -0.05) is 12.1 Å². The molecule has 1 aliphatic rings. The van der Waals surface area contributed by atoms with Crippen LogP contribution in [0.2, 0.25) is 0 Å². The minimum absolute atomic E-state index is 0.0542. The van der Waals surface area contributed by atoms with E-state index in [0.29, 0.717) is 11.1 Å². The van der Waals surface area contributed by atoms with Crippen LogP contribution in [0.3, 0.4) is 0 Å². The Morgan fingerprint density at radius 1 is 1.33 bits per heavy atom. The molecule has 1 amide bonds. The van der Waals surface area contributed by atoms with Gasteiger partial charge in [0, 0.05) is 5.56 Å². The van der Waals surface area contributed by atoms with Crippen LogP contribution in [0.15, 0.2) is 28.8 Å². The van der Waals surface area contributed by atoms with Crippen molar-refractivity contribution < 1.29 is 22.7 Å². The number of alkyl halides is 3. The van der Waals surface area contributed by atoms with Gasteiger partial charge in [0.2, 0.25) is 6.10 Å². The summed E-state index contributed by atoms with van der Waals surface area (Å²) in [5.41, 5.74) is 10.5. The van der Waals surface area contributed by atoms with E-state index in [-0.39, 0.29) is 5.75 Å². The number of guanidine groups is 1. The Morgan fingerprint density at radius 2 is 2.00 bits per heavy atom. The minimum atomic E-state index is -4.76. The maximum Gasteiger partial charge on any atom is 0.429 e. The molecule has 0 saturated carbocycles. The summed E-state index contributed by atoms with van der Waals surface area (Å²) in [6.45, 7) is 1.69. The molecule has 0 fully saturated rings. The Balaban J connectivity index is 2.57. The van der Waals surface area contributed by atoms with Gasteiger partial charge in [0.1, 0.15) is 5.75 Å². The number of hydrogen-bond donors (Lipinski definition) is 2. The number of benzene rings is 1. The number of rotatable bonds is 1. The number of nitrogens with two attached hydrogens (primary N) is 2. The largest absolute Gasteiger partial charge is 0.475 e. The van der Waals surface area contributed by atoms with Crippen molar-refractivity contribution in [1.29, 1.82) is 0 Å². The number of halogens is 3. The second-order valence-electron chi connectivity index (χ2n) is 4.47. The number of fused-ring (bicyclic) bond motifs is 1. The molecule has 1 aromatic carbocycles. The molecule has 1 unspecified atom stereocenters. The predicted molar refractivity (Wildman–Crippen MR) is 70.4 cm³/mol. The van der Waals surface area contributed by atoms with Gasteiger partial charge in [-0.25, -0.2) is 0 Å². The van der Waals surface area contributed by atoms with Crippen molar-refractivity contribution in [2.75, 3.05) is 0 Å². The van der Waals surface area contributed by atoms with Gasteiger partial charge in [-0.05, 0) is 24.6 Å². The highest BCUT2D eigenvalue weighted by atomic mass is 19.4. The van der Waals surface area contributed by atoms with E-state index in [1.54, 1.807) is 19.1 Å². The van der Waals surface area contributed by atoms with Gasteiger partial charge in [0.25, 0.3) is 5.91 Å². The molecule has 1 aliphatic heterocycles. The number of aryl methyl sites for hydroxylation is 1. The van der Waals surface area contributed by atoms with E-state index >= 15 is 0 Å². The smallest absolute Gasteiger partial charge is 0.429 e. The molecule has 21 heavy (non-hydrogen) atoms. The van der Waals surface area contributed by atoms with E-state index in [1.165, 1.54) is 6.07 Å². The van der Waals surface area contributed by atoms with Crippen LogP contribution >= 0.6 is 0 Å². The number of ether oxygens (including phenoxy) is 1. The Morgan fingerprint density at radius 3 is 2.57 bits per heavy atom. The Hall–Kier alpha value is -2.51. The van der Waals surface area contributed by atoms with Crippen molar-refractivity contribution in [2.24, 2.45) is 16.5 Å². The first-order valence-electron chi connectivity index (χ1n) is 5.88. The average Bonchev–Trinajstić information content (AvgIpc) is 2.36. The fourth-order valence-corrected chi connectivity index (χ4v) is 1.96. The standard InChI is InChI=1S/C13H12F3N3O2/c1-6-3-2-4-9-7(6)5-8(11(20)19-12(17)18)10(21-9)13(14,15)16/h2-5,10H,1H3,(H4,17,18,19,20). The molecule has 5 nitrogen and oxygen atoms in total. The molecular formula is C13H12F3N3O2. The molecule has 8 heteroatoms. The summed E-state index contributed by atoms with van der Waals surface area (Å²) in [6, 6.07) is 4.66. The highest BCUT2D eigenvalue weighted by molar-refractivity contribution is 6.05. The summed E-state index contributed by atoms with van der Waals surface area (Å²) >= 11 is 0. The van der Waals surface area contributed by atoms with Crippen LogP contribution < -0.4 is 16.2 Å². The van der Waals surface area contributed by atoms with Crippen LogP contribution in [-0.4, -0.2) is 24.1 Å². The maximum atomic E-state index is 13.1. The molecule has 4 N–H and O–H groups in total. The number of nitrogens with zero attached hydrogens (tertiary/aromatic N) is 1. The van der Waals surface area contributed by atoms with E-state index in [1.807, 2.05) is 0 Å². The van der Waals surface area contributed by atoms with Gasteiger partial charge in [-0.15, -0.1) is 0 Å². The lowest BCUT2D eigenvalue weighted by atomic mass is 9.97. The first-order chi connectivity index (χ1) is 9.70. The number of carbonyl (C=O) groups excluding carboxylic acids is 1. The van der Waals surface area contributed by atoms with E-state index in [4.69, 9.17) is 16.2 Å². The third-order valence-corrected chi connectivity index (χ3v) is 2.89. The van der Waals surface area contributed by atoms with E-state index in [9.17, 15) is 18.0 Å². The fraction of sp³-hybridized carbons (Fsp3) is 0.231. The zero-order valence-electron chi connectivity index (χ0n) is 10.9. The molecule has 0 aliphatic carbocycles. The van der Waals surface area contributed by atoms with Crippen LogP contribution in [-0.2, 0) is 4.79 Å². The van der Waals surface area contributed by atoms with Crippen molar-refractivity contribution in [1.82, 2.24) is 0 Å². The minimum Gasteiger partial charge on any atom is -0.475 e. The van der Waals surface area contributed by atoms with Crippen LogP contribution in [0.25, 0.3) is 6.08 Å². The summed E-state index contributed by atoms with van der Waals surface area (Å²) in [6.07, 6.45) is -6.05. The first kappa shape index (κ1) is 14.9. The summed E-state index contributed by atoms with van der Waals surface area (Å²) < 4.78 is 44.1. The second kappa shape index (κ2) is 5.12. The predicted octanol–water partition coefficient (Wildman–Crippen LogP) is 1.50. The Labute approximate surface area is 118 Å². The molecular weight excluding hydrogens is 287 g/mol. The third-order valence-electron chi connectivity index (χ3n) is 2.89. The molecule has 1 aromatic rings. The van der Waals surface area contributed by atoms with Crippen LogP contribution in [0.1, 0.15) is 11.1 Å². The number of carbonyl (C=O) groups is 1. The average molecular weight is 299 g/mol. The molecule has 0 radical (unpaired) electrons. The maximum absolute atomic E-state index is 13.1. The lowest BCUT2D eigenvalue weighted by molar-refractivity contribution is -0.185. The molecule has 112 valence electrons. The van der Waals surface area contributed by atoms with Crippen LogP contribution in [0.5, 0.6) is 5.75 Å². The summed E-state index contributed by atoms with van der Waals surface area (Å²) in [5.74, 6) is -1.73. The topological polar surface area (TPSA) is 90.7 Å². The molecule has 2 rings (SSSR count). The highest BCUT2D eigenvalue weighted by Crippen LogP contribution is 2.38.